The van der Waals surface area contributed by atoms with E-state index in [-0.39, 0.29) is 35.3 Å². The Bertz CT molecular complexity index is 130. The molecule has 3 heteroatoms. The van der Waals surface area contributed by atoms with E-state index in [2.05, 4.69) is 0 Å². The SMILES string of the molecule is NC1=CC(=O)CC1.[NaH]. The maximum atomic E-state index is 10.3. The molecule has 0 aliphatic heterocycles. The predicted octanol–water partition coefficient (Wildman–Crippen LogP) is -0.457. The Balaban J connectivity index is 0.000000490. The molecular weight excluding hydrogens is 113 g/mol. The molecule has 0 fully saturated rings. The summed E-state index contributed by atoms with van der Waals surface area (Å²) in [6.07, 6.45) is 2.88. The molecule has 0 aromatic heterocycles. The number of carbonyl (C=O) groups is 1. The van der Waals surface area contributed by atoms with E-state index in [0.29, 0.717) is 6.42 Å². The molecule has 0 aromatic rings. The number of rotatable bonds is 0. The van der Waals surface area contributed by atoms with Crippen molar-refractivity contribution in [3.63, 3.8) is 0 Å². The summed E-state index contributed by atoms with van der Waals surface area (Å²) in [6, 6.07) is 0. The van der Waals surface area contributed by atoms with E-state index in [0.717, 1.165) is 12.1 Å². The van der Waals surface area contributed by atoms with Crippen molar-refractivity contribution < 1.29 is 4.79 Å². The molecule has 0 saturated heterocycles. The molecule has 1 aliphatic carbocycles. The molecule has 1 aliphatic rings. The van der Waals surface area contributed by atoms with Crippen LogP contribution in [0.15, 0.2) is 11.8 Å². The van der Waals surface area contributed by atoms with Gasteiger partial charge in [0.1, 0.15) is 0 Å². The molecule has 2 nitrogen and oxygen atoms in total. The summed E-state index contributed by atoms with van der Waals surface area (Å²) in [6.45, 7) is 0. The Morgan fingerprint density at radius 2 is 2.12 bits per heavy atom. The van der Waals surface area contributed by atoms with Crippen molar-refractivity contribution in [3.8, 4) is 0 Å². The van der Waals surface area contributed by atoms with E-state index in [1.807, 2.05) is 0 Å². The Morgan fingerprint density at radius 3 is 2.25 bits per heavy atom. The van der Waals surface area contributed by atoms with Crippen LogP contribution in [0.3, 0.4) is 0 Å². The van der Waals surface area contributed by atoms with Crippen molar-refractivity contribution in [2.24, 2.45) is 5.73 Å². The van der Waals surface area contributed by atoms with E-state index < -0.39 is 0 Å². The van der Waals surface area contributed by atoms with E-state index in [1.165, 1.54) is 6.08 Å². The van der Waals surface area contributed by atoms with Crippen LogP contribution in [0.1, 0.15) is 12.8 Å². The second kappa shape index (κ2) is 3.28. The predicted molar refractivity (Wildman–Crippen MR) is 33.7 cm³/mol. The standard InChI is InChI=1S/C5H7NO.Na.H/c6-4-1-2-5(7)3-4;;/h3H,1-2,6H2;;. The molecule has 0 saturated carbocycles. The first-order chi connectivity index (χ1) is 3.29. The number of allylic oxidation sites excluding steroid dienone is 2. The summed E-state index contributed by atoms with van der Waals surface area (Å²) >= 11 is 0. The minimum absolute atomic E-state index is 0. The van der Waals surface area contributed by atoms with Crippen molar-refractivity contribution in [3.05, 3.63) is 11.8 Å². The van der Waals surface area contributed by atoms with Gasteiger partial charge in [0, 0.05) is 12.1 Å². The zero-order valence-electron chi connectivity index (χ0n) is 3.98. The second-order valence-corrected chi connectivity index (χ2v) is 1.69. The van der Waals surface area contributed by atoms with Gasteiger partial charge >= 0.3 is 29.6 Å². The number of ketones is 1. The molecule has 0 spiro atoms. The van der Waals surface area contributed by atoms with Crippen LogP contribution in [0.5, 0.6) is 0 Å². The van der Waals surface area contributed by atoms with Crippen LogP contribution in [0.2, 0.25) is 0 Å². The third-order valence-corrected chi connectivity index (χ3v) is 1.01. The summed E-state index contributed by atoms with van der Waals surface area (Å²) in [5.41, 5.74) is 5.99. The van der Waals surface area contributed by atoms with Gasteiger partial charge in [0.05, 0.1) is 0 Å². The molecule has 0 radical (unpaired) electrons. The zero-order valence-corrected chi connectivity index (χ0v) is 3.98. The fourth-order valence-electron chi connectivity index (χ4n) is 0.619. The number of hydrogen-bond acceptors (Lipinski definition) is 2. The molecule has 0 heterocycles. The van der Waals surface area contributed by atoms with Gasteiger partial charge < -0.3 is 5.73 Å². The second-order valence-electron chi connectivity index (χ2n) is 1.69. The zero-order chi connectivity index (χ0) is 5.28. The van der Waals surface area contributed by atoms with E-state index in [9.17, 15) is 4.79 Å². The fraction of sp³-hybridized carbons (Fsp3) is 0.400. The van der Waals surface area contributed by atoms with Crippen molar-refractivity contribution in [1.82, 2.24) is 0 Å². The van der Waals surface area contributed by atoms with Crippen LogP contribution < -0.4 is 5.73 Å². The third-order valence-electron chi connectivity index (χ3n) is 1.01. The first-order valence-corrected chi connectivity index (χ1v) is 2.28. The molecule has 0 unspecified atom stereocenters. The molecule has 0 atom stereocenters. The van der Waals surface area contributed by atoms with E-state index in [1.54, 1.807) is 0 Å². The Labute approximate surface area is 70.4 Å². The monoisotopic (exact) mass is 121 g/mol. The van der Waals surface area contributed by atoms with Gasteiger partial charge in [-0.1, -0.05) is 0 Å². The van der Waals surface area contributed by atoms with E-state index in [4.69, 9.17) is 5.73 Å². The molecule has 0 amide bonds. The average molecular weight is 121 g/mol. The first kappa shape index (κ1) is 8.21. The minimum atomic E-state index is 0. The summed E-state index contributed by atoms with van der Waals surface area (Å²) in [5.74, 6) is 0.164. The summed E-state index contributed by atoms with van der Waals surface area (Å²) in [7, 11) is 0. The molecule has 0 aromatic carbocycles. The van der Waals surface area contributed by atoms with Gasteiger partial charge in [0.15, 0.2) is 5.78 Å². The van der Waals surface area contributed by atoms with Crippen molar-refractivity contribution in [2.45, 2.75) is 12.8 Å². The normalized spacial score (nSPS) is 17.5. The molecule has 40 valence electrons. The van der Waals surface area contributed by atoms with Gasteiger partial charge in [-0.25, -0.2) is 0 Å². The maximum absolute atomic E-state index is 10.3. The van der Waals surface area contributed by atoms with Crippen molar-refractivity contribution in [1.29, 1.82) is 0 Å². The molecule has 2 N–H and O–H groups in total. The van der Waals surface area contributed by atoms with Gasteiger partial charge in [0.25, 0.3) is 0 Å². The topological polar surface area (TPSA) is 43.1 Å². The average Bonchev–Trinajstić information content (AvgIpc) is 1.87. The van der Waals surface area contributed by atoms with Gasteiger partial charge in [-0.2, -0.15) is 0 Å². The molecule has 8 heavy (non-hydrogen) atoms. The molecule has 1 rings (SSSR count). The molecule has 0 bridgehead atoms. The van der Waals surface area contributed by atoms with E-state index >= 15 is 0 Å². The Kier molecular flexibility index (Phi) is 3.36. The quantitative estimate of drug-likeness (QED) is 0.441. The van der Waals surface area contributed by atoms with Gasteiger partial charge in [-0.3, -0.25) is 4.79 Å². The van der Waals surface area contributed by atoms with Crippen LogP contribution in [-0.4, -0.2) is 35.3 Å². The van der Waals surface area contributed by atoms with Crippen molar-refractivity contribution in [2.75, 3.05) is 0 Å². The first-order valence-electron chi connectivity index (χ1n) is 2.28. The van der Waals surface area contributed by atoms with Gasteiger partial charge in [0.2, 0.25) is 0 Å². The van der Waals surface area contributed by atoms with Crippen LogP contribution in [-0.2, 0) is 4.79 Å². The Hall–Kier alpha value is 0.210. The van der Waals surface area contributed by atoms with Gasteiger partial charge in [-0.05, 0) is 12.5 Å². The number of carbonyl (C=O) groups excluding carboxylic acids is 1. The summed E-state index contributed by atoms with van der Waals surface area (Å²) < 4.78 is 0. The fourth-order valence-corrected chi connectivity index (χ4v) is 0.619. The third kappa shape index (κ3) is 1.99. The van der Waals surface area contributed by atoms with Crippen LogP contribution >= 0.6 is 0 Å². The summed E-state index contributed by atoms with van der Waals surface area (Å²) in [5, 5.41) is 0. The number of hydrogen-bond donors (Lipinski definition) is 1. The number of nitrogens with two attached hydrogens (primary N) is 1. The molecular formula is C5H8NNaO. The summed E-state index contributed by atoms with van der Waals surface area (Å²) in [4.78, 5) is 10.3. The van der Waals surface area contributed by atoms with Crippen LogP contribution in [0.4, 0.5) is 0 Å². The van der Waals surface area contributed by atoms with Crippen LogP contribution in [0, 0.1) is 0 Å². The van der Waals surface area contributed by atoms with Crippen LogP contribution in [0.25, 0.3) is 0 Å². The Morgan fingerprint density at radius 1 is 1.50 bits per heavy atom. The van der Waals surface area contributed by atoms with Gasteiger partial charge in [-0.15, -0.1) is 0 Å². The van der Waals surface area contributed by atoms with Crippen molar-refractivity contribution >= 4 is 35.3 Å².